The van der Waals surface area contributed by atoms with Crippen molar-refractivity contribution in [2.45, 2.75) is 19.4 Å². The predicted molar refractivity (Wildman–Crippen MR) is 66.6 cm³/mol. The molecule has 4 N–H and O–H groups in total. The number of anilines is 2. The van der Waals surface area contributed by atoms with Gasteiger partial charge in [-0.25, -0.2) is 10.8 Å². The number of carbonyl (C=O) groups is 2. The highest BCUT2D eigenvalue weighted by molar-refractivity contribution is 6.06. The van der Waals surface area contributed by atoms with Crippen LogP contribution in [0, 0.1) is 0 Å². The molecule has 1 saturated heterocycles. The minimum atomic E-state index is -0.839. The largest absolute Gasteiger partial charge is 0.333 e. The van der Waals surface area contributed by atoms with E-state index < -0.39 is 5.54 Å². The van der Waals surface area contributed by atoms with Crippen LogP contribution in [0.15, 0.2) is 18.2 Å². The first-order chi connectivity index (χ1) is 8.45. The van der Waals surface area contributed by atoms with Gasteiger partial charge in [-0.1, -0.05) is 6.07 Å². The fourth-order valence-corrected chi connectivity index (χ4v) is 1.80. The summed E-state index contributed by atoms with van der Waals surface area (Å²) in [6, 6.07) is 5.18. The molecule has 0 bridgehead atoms. The lowest BCUT2D eigenvalue weighted by Crippen LogP contribution is -2.64. The Labute approximate surface area is 104 Å². The summed E-state index contributed by atoms with van der Waals surface area (Å²) < 4.78 is 0. The molecule has 1 aliphatic rings. The average Bonchev–Trinajstić information content (AvgIpc) is 2.34. The van der Waals surface area contributed by atoms with Crippen LogP contribution in [0.1, 0.15) is 13.8 Å². The van der Waals surface area contributed by atoms with Gasteiger partial charge in [0, 0.05) is 0 Å². The predicted octanol–water partition coefficient (Wildman–Crippen LogP) is -0.391. The van der Waals surface area contributed by atoms with Gasteiger partial charge in [-0.15, -0.1) is 0 Å². The molecule has 1 aliphatic heterocycles. The molecule has 18 heavy (non-hydrogen) atoms. The lowest BCUT2D eigenvalue weighted by molar-refractivity contribution is -0.135. The lowest BCUT2D eigenvalue weighted by Gasteiger charge is -2.40. The van der Waals surface area contributed by atoms with E-state index in [0.717, 1.165) is 0 Å². The van der Waals surface area contributed by atoms with Crippen molar-refractivity contribution >= 4 is 23.5 Å². The first-order valence-electron chi connectivity index (χ1n) is 5.51. The first-order valence-corrected chi connectivity index (χ1v) is 5.51. The third-order valence-corrected chi connectivity index (χ3v) is 2.94. The van der Waals surface area contributed by atoms with Crippen LogP contribution < -0.4 is 21.5 Å². The van der Waals surface area contributed by atoms with Crippen LogP contribution in [0.2, 0.25) is 0 Å². The fraction of sp³-hybridized carbons (Fsp3) is 0.364. The Morgan fingerprint density at radius 1 is 1.44 bits per heavy atom. The van der Waals surface area contributed by atoms with Gasteiger partial charge in [-0.2, -0.15) is 0 Å². The summed E-state index contributed by atoms with van der Waals surface area (Å²) in [4.78, 5) is 29.2. The summed E-state index contributed by atoms with van der Waals surface area (Å²) in [5.41, 5.74) is 1.59. The second-order valence-electron chi connectivity index (χ2n) is 4.55. The van der Waals surface area contributed by atoms with E-state index in [1.807, 2.05) is 0 Å². The molecule has 0 unspecified atom stereocenters. The number of piperazine rings is 1. The van der Waals surface area contributed by atoms with Gasteiger partial charge in [0.25, 0.3) is 5.91 Å². The van der Waals surface area contributed by atoms with Crippen molar-refractivity contribution in [3.63, 3.8) is 0 Å². The van der Waals surface area contributed by atoms with Crippen LogP contribution in [0.3, 0.4) is 0 Å². The Kier molecular flexibility index (Phi) is 2.92. The molecule has 7 heteroatoms. The standard InChI is InChI=1S/C11H15N5O2/c1-11(2)10(18)14-9(17)6-16(11)8-5-3-4-7(13-8)15-12/h3-5H,6,12H2,1-2H3,(H,13,15)(H,14,17,18). The highest BCUT2D eigenvalue weighted by atomic mass is 16.2. The number of nitrogen functional groups attached to an aromatic ring is 1. The smallest absolute Gasteiger partial charge is 0.251 e. The molecule has 1 aromatic rings. The molecule has 2 amide bonds. The fourth-order valence-electron chi connectivity index (χ4n) is 1.80. The molecule has 0 aliphatic carbocycles. The van der Waals surface area contributed by atoms with Gasteiger partial charge in [0.15, 0.2) is 0 Å². The summed E-state index contributed by atoms with van der Waals surface area (Å²) in [5.74, 6) is 5.61. The summed E-state index contributed by atoms with van der Waals surface area (Å²) in [7, 11) is 0. The second kappa shape index (κ2) is 4.26. The number of hydrogen-bond acceptors (Lipinski definition) is 6. The monoisotopic (exact) mass is 249 g/mol. The number of nitrogens with one attached hydrogen (secondary N) is 2. The van der Waals surface area contributed by atoms with Crippen molar-refractivity contribution in [2.24, 2.45) is 5.84 Å². The summed E-state index contributed by atoms with van der Waals surface area (Å²) >= 11 is 0. The summed E-state index contributed by atoms with van der Waals surface area (Å²) in [6.07, 6.45) is 0. The van der Waals surface area contributed by atoms with Crippen molar-refractivity contribution in [2.75, 3.05) is 16.9 Å². The van der Waals surface area contributed by atoms with Crippen LogP contribution in [0.4, 0.5) is 11.6 Å². The molecular formula is C11H15N5O2. The van der Waals surface area contributed by atoms with Crippen molar-refractivity contribution < 1.29 is 9.59 Å². The van der Waals surface area contributed by atoms with E-state index >= 15 is 0 Å². The second-order valence-corrected chi connectivity index (χ2v) is 4.55. The number of pyridine rings is 1. The number of amides is 2. The van der Waals surface area contributed by atoms with Gasteiger partial charge >= 0.3 is 0 Å². The molecule has 2 heterocycles. The Bertz CT molecular complexity index is 500. The van der Waals surface area contributed by atoms with Gasteiger partial charge in [0.05, 0.1) is 6.54 Å². The van der Waals surface area contributed by atoms with E-state index in [4.69, 9.17) is 5.84 Å². The van der Waals surface area contributed by atoms with Crippen molar-refractivity contribution in [1.82, 2.24) is 10.3 Å². The zero-order chi connectivity index (χ0) is 13.3. The number of rotatable bonds is 2. The number of nitrogens with zero attached hydrogens (tertiary/aromatic N) is 2. The first kappa shape index (κ1) is 12.3. The van der Waals surface area contributed by atoms with Crippen LogP contribution in [-0.4, -0.2) is 28.9 Å². The zero-order valence-electron chi connectivity index (χ0n) is 10.2. The van der Waals surface area contributed by atoms with Crippen LogP contribution in [-0.2, 0) is 9.59 Å². The van der Waals surface area contributed by atoms with Crippen LogP contribution in [0.5, 0.6) is 0 Å². The van der Waals surface area contributed by atoms with Crippen molar-refractivity contribution in [1.29, 1.82) is 0 Å². The Morgan fingerprint density at radius 2 is 2.17 bits per heavy atom. The molecule has 0 aromatic carbocycles. The van der Waals surface area contributed by atoms with Crippen molar-refractivity contribution in [3.8, 4) is 0 Å². The van der Waals surface area contributed by atoms with E-state index in [1.165, 1.54) is 0 Å². The highest BCUT2D eigenvalue weighted by Gasteiger charge is 2.41. The summed E-state index contributed by atoms with van der Waals surface area (Å²) in [6.45, 7) is 3.55. The van der Waals surface area contributed by atoms with E-state index in [1.54, 1.807) is 36.9 Å². The Morgan fingerprint density at radius 3 is 2.83 bits per heavy atom. The lowest BCUT2D eigenvalue weighted by atomic mass is 9.99. The molecule has 2 rings (SSSR count). The number of aromatic nitrogens is 1. The Balaban J connectivity index is 2.40. The third kappa shape index (κ3) is 2.00. The number of nitrogens with two attached hydrogens (primary N) is 1. The minimum Gasteiger partial charge on any atom is -0.333 e. The topological polar surface area (TPSA) is 100 Å². The minimum absolute atomic E-state index is 0.0831. The summed E-state index contributed by atoms with van der Waals surface area (Å²) in [5, 5.41) is 2.31. The number of hydrogen-bond donors (Lipinski definition) is 3. The Hall–Kier alpha value is -2.15. The molecule has 96 valence electrons. The normalized spacial score (nSPS) is 18.5. The van der Waals surface area contributed by atoms with Crippen LogP contribution >= 0.6 is 0 Å². The van der Waals surface area contributed by atoms with Gasteiger partial charge in [-0.05, 0) is 26.0 Å². The van der Waals surface area contributed by atoms with Gasteiger partial charge in [-0.3, -0.25) is 14.9 Å². The van der Waals surface area contributed by atoms with Gasteiger partial charge in [0.2, 0.25) is 5.91 Å². The van der Waals surface area contributed by atoms with Crippen molar-refractivity contribution in [3.05, 3.63) is 18.2 Å². The highest BCUT2D eigenvalue weighted by Crippen LogP contribution is 2.25. The molecule has 0 saturated carbocycles. The number of carbonyl (C=O) groups excluding carboxylic acids is 2. The number of imide groups is 1. The molecule has 0 radical (unpaired) electrons. The quantitative estimate of drug-likeness (QED) is 0.375. The maximum atomic E-state index is 11.8. The van der Waals surface area contributed by atoms with E-state index in [-0.39, 0.29) is 18.4 Å². The maximum absolute atomic E-state index is 11.8. The zero-order valence-corrected chi connectivity index (χ0v) is 10.2. The van der Waals surface area contributed by atoms with Gasteiger partial charge in [0.1, 0.15) is 17.2 Å². The molecule has 1 aromatic heterocycles. The molecule has 7 nitrogen and oxygen atoms in total. The molecule has 0 spiro atoms. The van der Waals surface area contributed by atoms with E-state index in [0.29, 0.717) is 11.6 Å². The molecular weight excluding hydrogens is 234 g/mol. The average molecular weight is 249 g/mol. The molecule has 1 fully saturated rings. The van der Waals surface area contributed by atoms with Gasteiger partial charge < -0.3 is 10.3 Å². The SMILES string of the molecule is CC1(C)C(=O)NC(=O)CN1c1cccc(NN)n1. The van der Waals surface area contributed by atoms with E-state index in [2.05, 4.69) is 15.7 Å². The number of hydrazine groups is 1. The maximum Gasteiger partial charge on any atom is 0.251 e. The van der Waals surface area contributed by atoms with E-state index in [9.17, 15) is 9.59 Å². The third-order valence-electron chi connectivity index (χ3n) is 2.94. The molecule has 0 atom stereocenters. The van der Waals surface area contributed by atoms with Crippen LogP contribution in [0.25, 0.3) is 0 Å².